The molecule has 1 amide bonds. The Hall–Kier alpha value is -2.64. The third-order valence-corrected chi connectivity index (χ3v) is 4.34. The number of thioether (sulfide) groups is 1. The predicted molar refractivity (Wildman–Crippen MR) is 97.6 cm³/mol. The Bertz CT molecular complexity index is 851. The molecule has 0 radical (unpaired) electrons. The number of hydrogen-bond donors (Lipinski definition) is 2. The Kier molecular flexibility index (Phi) is 5.47. The predicted octanol–water partition coefficient (Wildman–Crippen LogP) is 2.99. The van der Waals surface area contributed by atoms with Crippen LogP contribution in [0, 0.1) is 0 Å². The number of rotatable bonds is 6. The number of benzene rings is 2. The lowest BCUT2D eigenvalue weighted by Gasteiger charge is -2.10. The van der Waals surface area contributed by atoms with Crippen LogP contribution >= 0.6 is 11.8 Å². The Morgan fingerprint density at radius 1 is 1.24 bits per heavy atom. The molecule has 2 N–H and O–H groups in total. The summed E-state index contributed by atoms with van der Waals surface area (Å²) in [6.45, 7) is 0.228. The summed E-state index contributed by atoms with van der Waals surface area (Å²) in [6, 6.07) is 16.8. The minimum absolute atomic E-state index is 0.0646. The fourth-order valence-electron chi connectivity index (χ4n) is 2.33. The van der Waals surface area contributed by atoms with Crippen molar-refractivity contribution in [2.24, 2.45) is 0 Å². The first-order chi connectivity index (χ1) is 12.2. The zero-order valence-corrected chi connectivity index (χ0v) is 14.5. The summed E-state index contributed by atoms with van der Waals surface area (Å²) in [7, 11) is 0. The molecule has 128 valence electrons. The Labute approximate surface area is 149 Å². The van der Waals surface area contributed by atoms with Crippen molar-refractivity contribution in [3.05, 3.63) is 72.3 Å². The van der Waals surface area contributed by atoms with Gasteiger partial charge in [-0.25, -0.2) is 9.67 Å². The van der Waals surface area contributed by atoms with Crippen molar-refractivity contribution >= 4 is 23.4 Å². The largest absolute Gasteiger partial charge is 0.386 e. The summed E-state index contributed by atoms with van der Waals surface area (Å²) < 4.78 is 1.46. The van der Waals surface area contributed by atoms with Crippen LogP contribution in [0.1, 0.15) is 22.3 Å². The molecular weight excluding hydrogens is 336 g/mol. The maximum absolute atomic E-state index is 12.3. The molecule has 0 aliphatic rings. The molecule has 0 spiro atoms. The first-order valence-electron chi connectivity index (χ1n) is 7.73. The van der Waals surface area contributed by atoms with E-state index in [-0.39, 0.29) is 18.3 Å². The van der Waals surface area contributed by atoms with E-state index >= 15 is 0 Å². The highest BCUT2D eigenvalue weighted by Crippen LogP contribution is 2.19. The fourth-order valence-corrected chi connectivity index (χ4v) is 2.79. The van der Waals surface area contributed by atoms with E-state index in [0.717, 1.165) is 10.5 Å². The van der Waals surface area contributed by atoms with Crippen molar-refractivity contribution in [1.82, 2.24) is 14.8 Å². The average Bonchev–Trinajstić information content (AvgIpc) is 3.11. The van der Waals surface area contributed by atoms with Crippen molar-refractivity contribution in [3.8, 4) is 0 Å². The van der Waals surface area contributed by atoms with Crippen molar-refractivity contribution in [3.63, 3.8) is 0 Å². The molecule has 0 aliphatic carbocycles. The number of nitrogens with one attached hydrogen (secondary N) is 1. The molecule has 1 unspecified atom stereocenters. The number of nitrogens with zero attached hydrogens (tertiary/aromatic N) is 3. The number of carbonyl (C=O) groups excluding carboxylic acids is 1. The van der Waals surface area contributed by atoms with E-state index in [9.17, 15) is 9.90 Å². The van der Waals surface area contributed by atoms with E-state index in [4.69, 9.17) is 0 Å². The fraction of sp³-hybridized carbons (Fsp3) is 0.167. The van der Waals surface area contributed by atoms with Crippen LogP contribution in [0.3, 0.4) is 0 Å². The molecule has 1 atom stereocenters. The molecule has 2 aromatic carbocycles. The van der Waals surface area contributed by atoms with Crippen LogP contribution in [-0.2, 0) is 6.54 Å². The summed E-state index contributed by atoms with van der Waals surface area (Å²) in [5.74, 6) is -0.318. The van der Waals surface area contributed by atoms with Crippen molar-refractivity contribution in [2.75, 3.05) is 11.6 Å². The van der Waals surface area contributed by atoms with Crippen molar-refractivity contribution in [1.29, 1.82) is 0 Å². The van der Waals surface area contributed by atoms with E-state index in [0.29, 0.717) is 5.69 Å². The van der Waals surface area contributed by atoms with E-state index in [2.05, 4.69) is 15.4 Å². The van der Waals surface area contributed by atoms with Gasteiger partial charge in [-0.2, -0.15) is 0 Å². The van der Waals surface area contributed by atoms with Gasteiger partial charge in [0.15, 0.2) is 0 Å². The van der Waals surface area contributed by atoms with E-state index < -0.39 is 6.10 Å². The van der Waals surface area contributed by atoms with Gasteiger partial charge in [-0.3, -0.25) is 4.79 Å². The molecule has 3 rings (SSSR count). The maximum atomic E-state index is 12.3. The Morgan fingerprint density at radius 3 is 2.80 bits per heavy atom. The molecule has 25 heavy (non-hydrogen) atoms. The molecule has 3 aromatic rings. The lowest BCUT2D eigenvalue weighted by Crippen LogP contribution is -2.15. The number of amides is 1. The van der Waals surface area contributed by atoms with Crippen LogP contribution in [0.25, 0.3) is 0 Å². The normalized spacial score (nSPS) is 11.9. The minimum Gasteiger partial charge on any atom is -0.386 e. The highest BCUT2D eigenvalue weighted by Gasteiger charge is 2.14. The van der Waals surface area contributed by atoms with Gasteiger partial charge in [0.25, 0.3) is 5.91 Å². The summed E-state index contributed by atoms with van der Waals surface area (Å²) in [4.78, 5) is 17.3. The molecule has 7 heteroatoms. The van der Waals surface area contributed by atoms with Gasteiger partial charge in [-0.1, -0.05) is 36.4 Å². The number of aliphatic hydroxyl groups is 1. The highest BCUT2D eigenvalue weighted by atomic mass is 32.2. The number of hydrogen-bond acceptors (Lipinski definition) is 5. The smallest absolute Gasteiger partial charge is 0.295 e. The molecule has 0 saturated heterocycles. The molecule has 0 fully saturated rings. The molecule has 6 nitrogen and oxygen atoms in total. The molecule has 0 saturated carbocycles. The monoisotopic (exact) mass is 354 g/mol. The lowest BCUT2D eigenvalue weighted by molar-refractivity contribution is 0.101. The molecule has 1 heterocycles. The maximum Gasteiger partial charge on any atom is 0.295 e. The third kappa shape index (κ3) is 4.46. The van der Waals surface area contributed by atoms with Crippen LogP contribution in [0.2, 0.25) is 0 Å². The summed E-state index contributed by atoms with van der Waals surface area (Å²) in [6.07, 6.45) is 2.71. The van der Waals surface area contributed by atoms with Gasteiger partial charge >= 0.3 is 0 Å². The SMILES string of the molecule is CSc1cccc(NC(=O)c2ncn(CC(O)c3ccccc3)n2)c1. The van der Waals surface area contributed by atoms with Crippen molar-refractivity contribution in [2.45, 2.75) is 17.5 Å². The van der Waals surface area contributed by atoms with Crippen LogP contribution in [-0.4, -0.2) is 32.0 Å². The van der Waals surface area contributed by atoms with E-state index in [1.54, 1.807) is 11.8 Å². The second-order valence-electron chi connectivity index (χ2n) is 5.40. The van der Waals surface area contributed by atoms with Gasteiger partial charge in [0.1, 0.15) is 6.33 Å². The van der Waals surface area contributed by atoms with Crippen LogP contribution in [0.15, 0.2) is 65.8 Å². The van der Waals surface area contributed by atoms with Crippen LogP contribution in [0.4, 0.5) is 5.69 Å². The number of anilines is 1. The van der Waals surface area contributed by atoms with Gasteiger partial charge < -0.3 is 10.4 Å². The zero-order chi connectivity index (χ0) is 17.6. The first-order valence-corrected chi connectivity index (χ1v) is 8.96. The van der Waals surface area contributed by atoms with Crippen molar-refractivity contribution < 1.29 is 9.90 Å². The summed E-state index contributed by atoms with van der Waals surface area (Å²) in [5.41, 5.74) is 1.48. The summed E-state index contributed by atoms with van der Waals surface area (Å²) >= 11 is 1.60. The van der Waals surface area contributed by atoms with Gasteiger partial charge in [-0.05, 0) is 30.0 Å². The second kappa shape index (κ2) is 7.96. The molecule has 1 aromatic heterocycles. The quantitative estimate of drug-likeness (QED) is 0.665. The minimum atomic E-state index is -0.711. The van der Waals surface area contributed by atoms with Gasteiger partial charge in [0.05, 0.1) is 12.6 Å². The van der Waals surface area contributed by atoms with E-state index in [1.165, 1.54) is 11.0 Å². The number of carbonyl (C=O) groups is 1. The lowest BCUT2D eigenvalue weighted by atomic mass is 10.1. The topological polar surface area (TPSA) is 80.0 Å². The van der Waals surface area contributed by atoms with Crippen LogP contribution < -0.4 is 5.32 Å². The highest BCUT2D eigenvalue weighted by molar-refractivity contribution is 7.98. The molecule has 0 bridgehead atoms. The Balaban J connectivity index is 1.65. The Morgan fingerprint density at radius 2 is 2.04 bits per heavy atom. The summed E-state index contributed by atoms with van der Waals surface area (Å²) in [5, 5.41) is 17.1. The zero-order valence-electron chi connectivity index (χ0n) is 13.7. The number of aliphatic hydroxyl groups excluding tert-OH is 1. The van der Waals surface area contributed by atoms with Crippen LogP contribution in [0.5, 0.6) is 0 Å². The first kappa shape index (κ1) is 17.2. The van der Waals surface area contributed by atoms with E-state index in [1.807, 2.05) is 60.9 Å². The van der Waals surface area contributed by atoms with Gasteiger partial charge in [-0.15, -0.1) is 16.9 Å². The average molecular weight is 354 g/mol. The number of aromatic nitrogens is 3. The molecule has 0 aliphatic heterocycles. The van der Waals surface area contributed by atoms with Gasteiger partial charge in [0.2, 0.25) is 5.82 Å². The molecular formula is C18H18N4O2S. The third-order valence-electron chi connectivity index (χ3n) is 3.61. The van der Waals surface area contributed by atoms with Gasteiger partial charge in [0, 0.05) is 10.6 Å². The standard InChI is InChI=1S/C18H18N4O2S/c1-25-15-9-5-8-14(10-15)20-18(24)17-19-12-22(21-17)11-16(23)13-6-3-2-4-7-13/h2-10,12,16,23H,11H2,1H3,(H,20,24). The second-order valence-corrected chi connectivity index (χ2v) is 6.28.